The lowest BCUT2D eigenvalue weighted by atomic mass is 9.90. The third kappa shape index (κ3) is 3.44. The first kappa shape index (κ1) is 18.4. The second kappa shape index (κ2) is 7.30. The van der Waals surface area contributed by atoms with Gasteiger partial charge in [0.05, 0.1) is 16.3 Å². The van der Waals surface area contributed by atoms with Gasteiger partial charge in [0.15, 0.2) is 0 Å². The number of carbonyl (C=O) groups is 1. The molecule has 0 spiro atoms. The molecule has 4 nitrogen and oxygen atoms in total. The van der Waals surface area contributed by atoms with Crippen LogP contribution in [0.1, 0.15) is 65.5 Å². The number of fused-ring (bicyclic) bond motifs is 1. The van der Waals surface area contributed by atoms with E-state index in [0.29, 0.717) is 11.5 Å². The van der Waals surface area contributed by atoms with E-state index in [2.05, 4.69) is 40.8 Å². The zero-order valence-electron chi connectivity index (χ0n) is 16.8. The summed E-state index contributed by atoms with van der Waals surface area (Å²) >= 11 is 1.78. The molecule has 29 heavy (non-hydrogen) atoms. The van der Waals surface area contributed by atoms with Crippen LogP contribution in [0.15, 0.2) is 29.6 Å². The third-order valence-electron chi connectivity index (χ3n) is 6.05. The molecular formula is C24H25N3OS. The topological polar surface area (TPSA) is 57.8 Å². The number of rotatable bonds is 3. The number of aryl methyl sites for hydroxylation is 2. The molecule has 0 bridgehead atoms. The first-order valence-corrected chi connectivity index (χ1v) is 11.3. The van der Waals surface area contributed by atoms with Gasteiger partial charge in [0.1, 0.15) is 0 Å². The van der Waals surface area contributed by atoms with E-state index < -0.39 is 0 Å². The molecule has 0 radical (unpaired) electrons. The molecule has 1 saturated carbocycles. The fraction of sp³-hybridized carbons (Fsp3) is 0.333. The summed E-state index contributed by atoms with van der Waals surface area (Å²) in [5, 5.41) is 6.42. The second-order valence-electron chi connectivity index (χ2n) is 8.23. The van der Waals surface area contributed by atoms with Crippen molar-refractivity contribution >= 4 is 34.6 Å². The van der Waals surface area contributed by atoms with E-state index in [0.717, 1.165) is 39.5 Å². The molecule has 1 aromatic carbocycles. The van der Waals surface area contributed by atoms with Crippen molar-refractivity contribution < 1.29 is 4.79 Å². The van der Waals surface area contributed by atoms with Crippen LogP contribution in [0, 0.1) is 13.8 Å². The normalized spacial score (nSPS) is 18.3. The molecule has 1 fully saturated rings. The maximum Gasteiger partial charge on any atom is 0.256 e. The van der Waals surface area contributed by atoms with Crippen LogP contribution in [0.5, 0.6) is 0 Å². The average Bonchev–Trinajstić information content (AvgIpc) is 3.41. The van der Waals surface area contributed by atoms with Gasteiger partial charge in [-0.3, -0.25) is 4.79 Å². The third-order valence-corrected chi connectivity index (χ3v) is 7.06. The summed E-state index contributed by atoms with van der Waals surface area (Å²) in [6.45, 7) is 4.09. The number of nitrogens with one attached hydrogen (secondary N) is 2. The summed E-state index contributed by atoms with van der Waals surface area (Å²) in [5.41, 5.74) is 7.84. The maximum absolute atomic E-state index is 12.6. The number of H-pyrrole nitrogens is 1. The van der Waals surface area contributed by atoms with Crippen LogP contribution in [0.3, 0.4) is 0 Å². The minimum atomic E-state index is -0.0509. The minimum absolute atomic E-state index is 0.0509. The fourth-order valence-electron chi connectivity index (χ4n) is 4.49. The van der Waals surface area contributed by atoms with E-state index in [4.69, 9.17) is 4.98 Å². The molecule has 2 aliphatic rings. The van der Waals surface area contributed by atoms with Gasteiger partial charge in [0.2, 0.25) is 0 Å². The molecule has 0 atom stereocenters. The van der Waals surface area contributed by atoms with Crippen LogP contribution < -0.4 is 5.32 Å². The Morgan fingerprint density at radius 2 is 1.97 bits per heavy atom. The number of benzene rings is 1. The molecule has 148 valence electrons. The Labute approximate surface area is 175 Å². The van der Waals surface area contributed by atoms with E-state index in [1.165, 1.54) is 37.1 Å². The van der Waals surface area contributed by atoms with Crippen molar-refractivity contribution in [3.05, 3.63) is 57.2 Å². The first-order chi connectivity index (χ1) is 14.1. The second-order valence-corrected chi connectivity index (χ2v) is 9.12. The molecule has 3 heterocycles. The van der Waals surface area contributed by atoms with Crippen molar-refractivity contribution in [1.29, 1.82) is 0 Å². The van der Waals surface area contributed by atoms with Crippen molar-refractivity contribution in [2.75, 3.05) is 5.32 Å². The number of aromatic amines is 1. The van der Waals surface area contributed by atoms with E-state index in [-0.39, 0.29) is 5.91 Å². The highest BCUT2D eigenvalue weighted by molar-refractivity contribution is 7.10. The average molecular weight is 404 g/mol. The van der Waals surface area contributed by atoms with E-state index in [1.54, 1.807) is 11.3 Å². The van der Waals surface area contributed by atoms with E-state index in [1.807, 2.05) is 19.1 Å². The van der Waals surface area contributed by atoms with Gasteiger partial charge in [0, 0.05) is 39.5 Å². The number of hydrogen-bond acceptors (Lipinski definition) is 3. The standard InChI is InChI=1S/C24H25N3OS/c1-14-10-15(2)25-21(14)12-19-18-11-17(8-9-20(18)26-23(19)28)22-13-29-24(27-22)16-6-4-3-5-7-16/h8-13,16,25H,3-7H2,1-2H3,(H,26,28)/b19-12-. The maximum atomic E-state index is 12.6. The molecule has 1 aliphatic carbocycles. The summed E-state index contributed by atoms with van der Waals surface area (Å²) in [5.74, 6) is 0.569. The molecular weight excluding hydrogens is 378 g/mol. The summed E-state index contributed by atoms with van der Waals surface area (Å²) < 4.78 is 0. The van der Waals surface area contributed by atoms with Crippen LogP contribution in [-0.2, 0) is 4.79 Å². The Morgan fingerprint density at radius 1 is 1.14 bits per heavy atom. The Bertz CT molecular complexity index is 1120. The van der Waals surface area contributed by atoms with E-state index >= 15 is 0 Å². The summed E-state index contributed by atoms with van der Waals surface area (Å²) in [7, 11) is 0. The fourth-order valence-corrected chi connectivity index (χ4v) is 5.49. The lowest BCUT2D eigenvalue weighted by Crippen LogP contribution is -2.03. The highest BCUT2D eigenvalue weighted by Gasteiger charge is 2.26. The van der Waals surface area contributed by atoms with Crippen molar-refractivity contribution in [2.24, 2.45) is 0 Å². The summed E-state index contributed by atoms with van der Waals surface area (Å²) in [6, 6.07) is 8.25. The van der Waals surface area contributed by atoms with Gasteiger partial charge in [-0.2, -0.15) is 0 Å². The predicted molar refractivity (Wildman–Crippen MR) is 120 cm³/mol. The highest BCUT2D eigenvalue weighted by Crippen LogP contribution is 2.39. The molecule has 2 N–H and O–H groups in total. The molecule has 3 aromatic rings. The van der Waals surface area contributed by atoms with Gasteiger partial charge >= 0.3 is 0 Å². The highest BCUT2D eigenvalue weighted by atomic mass is 32.1. The largest absolute Gasteiger partial charge is 0.359 e. The van der Waals surface area contributed by atoms with Crippen molar-refractivity contribution in [3.8, 4) is 11.3 Å². The van der Waals surface area contributed by atoms with Gasteiger partial charge in [-0.05, 0) is 56.5 Å². The van der Waals surface area contributed by atoms with E-state index in [9.17, 15) is 4.79 Å². The van der Waals surface area contributed by atoms with Crippen molar-refractivity contribution in [1.82, 2.24) is 9.97 Å². The molecule has 5 rings (SSSR count). The number of hydrogen-bond donors (Lipinski definition) is 2. The molecule has 0 unspecified atom stereocenters. The van der Waals surface area contributed by atoms with Gasteiger partial charge in [-0.15, -0.1) is 11.3 Å². The Kier molecular flexibility index (Phi) is 4.63. The Balaban J connectivity index is 1.49. The molecule has 1 aliphatic heterocycles. The minimum Gasteiger partial charge on any atom is -0.359 e. The van der Waals surface area contributed by atoms with Gasteiger partial charge in [0.25, 0.3) is 5.91 Å². The zero-order chi connectivity index (χ0) is 20.0. The van der Waals surface area contributed by atoms with Crippen LogP contribution >= 0.6 is 11.3 Å². The predicted octanol–water partition coefficient (Wildman–Crippen LogP) is 6.30. The van der Waals surface area contributed by atoms with Crippen LogP contribution in [0.2, 0.25) is 0 Å². The number of anilines is 1. The molecule has 0 saturated heterocycles. The smallest absolute Gasteiger partial charge is 0.256 e. The number of nitrogens with zero attached hydrogens (tertiary/aromatic N) is 1. The molecule has 2 aromatic heterocycles. The van der Waals surface area contributed by atoms with Crippen molar-refractivity contribution in [3.63, 3.8) is 0 Å². The monoisotopic (exact) mass is 403 g/mol. The van der Waals surface area contributed by atoms with Gasteiger partial charge < -0.3 is 10.3 Å². The SMILES string of the molecule is Cc1cc(C)c(/C=C2\C(=O)Nc3ccc(-c4csc(C5CCCCC5)n4)cc32)[nH]1. The molecule has 1 amide bonds. The number of thiazole rings is 1. The number of amides is 1. The summed E-state index contributed by atoms with van der Waals surface area (Å²) in [4.78, 5) is 20.9. The van der Waals surface area contributed by atoms with Crippen LogP contribution in [-0.4, -0.2) is 15.9 Å². The number of carbonyl (C=O) groups excluding carboxylic acids is 1. The van der Waals surface area contributed by atoms with Crippen molar-refractivity contribution in [2.45, 2.75) is 51.9 Å². The van der Waals surface area contributed by atoms with Gasteiger partial charge in [-0.1, -0.05) is 25.3 Å². The Morgan fingerprint density at radius 3 is 2.72 bits per heavy atom. The molecule has 5 heteroatoms. The lowest BCUT2D eigenvalue weighted by molar-refractivity contribution is -0.110. The Hall–Kier alpha value is -2.66. The first-order valence-electron chi connectivity index (χ1n) is 10.4. The number of aromatic nitrogens is 2. The van der Waals surface area contributed by atoms with Crippen LogP contribution in [0.4, 0.5) is 5.69 Å². The zero-order valence-corrected chi connectivity index (χ0v) is 17.7. The quantitative estimate of drug-likeness (QED) is 0.505. The van der Waals surface area contributed by atoms with Gasteiger partial charge in [-0.25, -0.2) is 4.98 Å². The lowest BCUT2D eigenvalue weighted by Gasteiger charge is -2.18. The summed E-state index contributed by atoms with van der Waals surface area (Å²) in [6.07, 6.45) is 8.47. The van der Waals surface area contributed by atoms with Crippen LogP contribution in [0.25, 0.3) is 22.9 Å².